The van der Waals surface area contributed by atoms with Gasteiger partial charge in [-0.05, 0) is 49.2 Å². The molecule has 4 aromatic rings. The number of aromatic nitrogens is 3. The number of carbonyl (C=O) groups is 1. The molecule has 0 atom stereocenters. The van der Waals surface area contributed by atoms with Crippen LogP contribution in [-0.2, 0) is 0 Å². The zero-order valence-electron chi connectivity index (χ0n) is 14.8. The third-order valence-electron chi connectivity index (χ3n) is 4.71. The Bertz CT molecular complexity index is 1140. The van der Waals surface area contributed by atoms with Gasteiger partial charge in [0.25, 0.3) is 5.91 Å². The summed E-state index contributed by atoms with van der Waals surface area (Å²) < 4.78 is 7.21. The van der Waals surface area contributed by atoms with Crippen molar-refractivity contribution < 1.29 is 9.21 Å². The van der Waals surface area contributed by atoms with Crippen molar-refractivity contribution in [1.82, 2.24) is 14.8 Å². The van der Waals surface area contributed by atoms with E-state index >= 15 is 0 Å². The quantitative estimate of drug-likeness (QED) is 0.585. The van der Waals surface area contributed by atoms with Crippen LogP contribution in [0.4, 0.5) is 5.69 Å². The number of carbonyl (C=O) groups excluding carboxylic acids is 1. The molecule has 1 aliphatic rings. The van der Waals surface area contributed by atoms with Gasteiger partial charge in [-0.1, -0.05) is 18.2 Å². The number of fused-ring (bicyclic) bond motifs is 1. The number of amides is 1. The van der Waals surface area contributed by atoms with Crippen LogP contribution in [0, 0.1) is 6.92 Å². The average Bonchev–Trinajstić information content (AvgIpc) is 3.31. The van der Waals surface area contributed by atoms with Gasteiger partial charge in [0, 0.05) is 18.5 Å². The summed E-state index contributed by atoms with van der Waals surface area (Å²) in [4.78, 5) is 17.3. The van der Waals surface area contributed by atoms with E-state index in [9.17, 15) is 4.79 Å². The fraction of sp³-hybridized carbons (Fsp3) is 0.190. The van der Waals surface area contributed by atoms with Gasteiger partial charge in [-0.25, -0.2) is 9.67 Å². The van der Waals surface area contributed by atoms with Crippen LogP contribution in [0.2, 0.25) is 0 Å². The minimum absolute atomic E-state index is 0.196. The van der Waals surface area contributed by atoms with Crippen molar-refractivity contribution in [3.63, 3.8) is 0 Å². The lowest BCUT2D eigenvalue weighted by atomic mass is 10.2. The molecule has 1 aliphatic carbocycles. The van der Waals surface area contributed by atoms with E-state index in [1.165, 1.54) is 0 Å². The predicted molar refractivity (Wildman–Crippen MR) is 102 cm³/mol. The molecule has 0 aliphatic heterocycles. The normalized spacial score (nSPS) is 13.8. The summed E-state index contributed by atoms with van der Waals surface area (Å²) in [6.07, 6.45) is 2.27. The minimum Gasteiger partial charge on any atom is -0.441 e. The molecular weight excluding hydrogens is 340 g/mol. The highest BCUT2D eigenvalue weighted by molar-refractivity contribution is 6.04. The maximum atomic E-state index is 13.0. The van der Waals surface area contributed by atoms with Crippen LogP contribution in [0.1, 0.15) is 40.8 Å². The second-order valence-electron chi connectivity index (χ2n) is 6.85. The zero-order chi connectivity index (χ0) is 18.4. The van der Waals surface area contributed by atoms with Crippen molar-refractivity contribution in [2.75, 3.05) is 5.32 Å². The molecule has 5 rings (SSSR count). The van der Waals surface area contributed by atoms with Crippen LogP contribution in [-0.4, -0.2) is 20.7 Å². The Hall–Kier alpha value is -3.41. The maximum absolute atomic E-state index is 13.0. The van der Waals surface area contributed by atoms with E-state index in [-0.39, 0.29) is 5.91 Å². The molecule has 1 N–H and O–H groups in total. The molecule has 0 radical (unpaired) electrons. The van der Waals surface area contributed by atoms with Gasteiger partial charge in [-0.2, -0.15) is 5.10 Å². The van der Waals surface area contributed by atoms with Gasteiger partial charge < -0.3 is 9.73 Å². The van der Waals surface area contributed by atoms with Crippen LogP contribution < -0.4 is 5.32 Å². The van der Waals surface area contributed by atoms with E-state index < -0.39 is 0 Å². The molecule has 0 saturated heterocycles. The Labute approximate surface area is 155 Å². The first-order chi connectivity index (χ1) is 13.2. The number of aryl methyl sites for hydroxylation is 1. The molecular formula is C21H18N4O2. The molecule has 2 aromatic carbocycles. The van der Waals surface area contributed by atoms with Crippen molar-refractivity contribution in [3.05, 3.63) is 71.9 Å². The average molecular weight is 358 g/mol. The van der Waals surface area contributed by atoms with Crippen molar-refractivity contribution >= 4 is 22.7 Å². The third-order valence-corrected chi connectivity index (χ3v) is 4.71. The lowest BCUT2D eigenvalue weighted by molar-refractivity contribution is 0.101. The molecule has 0 unspecified atom stereocenters. The van der Waals surface area contributed by atoms with Gasteiger partial charge in [0.1, 0.15) is 11.2 Å². The van der Waals surface area contributed by atoms with E-state index in [0.29, 0.717) is 28.8 Å². The second kappa shape index (κ2) is 6.09. The highest BCUT2D eigenvalue weighted by Gasteiger charge is 2.29. The Kier molecular flexibility index (Phi) is 3.57. The smallest absolute Gasteiger partial charge is 0.274 e. The van der Waals surface area contributed by atoms with Gasteiger partial charge in [0.2, 0.25) is 0 Å². The number of oxazole rings is 1. The molecule has 27 heavy (non-hydrogen) atoms. The lowest BCUT2D eigenvalue weighted by Crippen LogP contribution is -2.16. The van der Waals surface area contributed by atoms with Crippen molar-refractivity contribution in [3.8, 4) is 5.69 Å². The number of para-hydroxylation sites is 1. The lowest BCUT2D eigenvalue weighted by Gasteiger charge is -2.08. The number of rotatable bonds is 4. The molecule has 1 amide bonds. The van der Waals surface area contributed by atoms with Crippen molar-refractivity contribution in [1.29, 1.82) is 0 Å². The third kappa shape index (κ3) is 2.99. The zero-order valence-corrected chi connectivity index (χ0v) is 14.8. The molecule has 6 heteroatoms. The number of nitrogens with zero attached hydrogens (tertiary/aromatic N) is 3. The maximum Gasteiger partial charge on any atom is 0.274 e. The summed E-state index contributed by atoms with van der Waals surface area (Å²) >= 11 is 0. The van der Waals surface area contributed by atoms with E-state index in [4.69, 9.17) is 4.42 Å². The second-order valence-corrected chi connectivity index (χ2v) is 6.85. The Morgan fingerprint density at radius 2 is 1.96 bits per heavy atom. The summed E-state index contributed by atoms with van der Waals surface area (Å²) in [5.74, 6) is 0.874. The van der Waals surface area contributed by atoms with E-state index in [0.717, 1.165) is 29.7 Å². The fourth-order valence-corrected chi connectivity index (χ4v) is 3.22. The van der Waals surface area contributed by atoms with Gasteiger partial charge in [-0.3, -0.25) is 4.79 Å². The SMILES string of the molecule is Cc1nc2cc(NC(=O)c3cc(C4CC4)nn3-c3ccccc3)ccc2o1. The first-order valence-electron chi connectivity index (χ1n) is 9.01. The molecule has 2 aromatic heterocycles. The summed E-state index contributed by atoms with van der Waals surface area (Å²) in [5.41, 5.74) is 4.48. The van der Waals surface area contributed by atoms with E-state index in [1.54, 1.807) is 11.6 Å². The minimum atomic E-state index is -0.196. The number of anilines is 1. The molecule has 6 nitrogen and oxygen atoms in total. The summed E-state index contributed by atoms with van der Waals surface area (Å²) in [5, 5.41) is 7.65. The highest BCUT2D eigenvalue weighted by atomic mass is 16.3. The molecule has 134 valence electrons. The molecule has 0 bridgehead atoms. The summed E-state index contributed by atoms with van der Waals surface area (Å²) in [6.45, 7) is 1.80. The molecule has 1 saturated carbocycles. The Balaban J connectivity index is 1.49. The molecule has 0 spiro atoms. The van der Waals surface area contributed by atoms with Gasteiger partial charge >= 0.3 is 0 Å². The predicted octanol–water partition coefficient (Wildman–Crippen LogP) is 4.45. The first-order valence-corrected chi connectivity index (χ1v) is 9.01. The molecule has 1 fully saturated rings. The number of hydrogen-bond acceptors (Lipinski definition) is 4. The first kappa shape index (κ1) is 15.8. The standard InChI is InChI=1S/C21H18N4O2/c1-13-22-18-11-15(9-10-20(18)27-13)23-21(26)19-12-17(14-7-8-14)24-25(19)16-5-3-2-4-6-16/h2-6,9-12,14H,7-8H2,1H3,(H,23,26). The largest absolute Gasteiger partial charge is 0.441 e. The topological polar surface area (TPSA) is 73.0 Å². The van der Waals surface area contributed by atoms with Crippen molar-refractivity contribution in [2.24, 2.45) is 0 Å². The van der Waals surface area contributed by atoms with Gasteiger partial charge in [0.15, 0.2) is 11.5 Å². The monoisotopic (exact) mass is 358 g/mol. The fourth-order valence-electron chi connectivity index (χ4n) is 3.22. The van der Waals surface area contributed by atoms with E-state index in [1.807, 2.05) is 54.6 Å². The molecule has 2 heterocycles. The Morgan fingerprint density at radius 1 is 1.15 bits per heavy atom. The van der Waals surface area contributed by atoms with E-state index in [2.05, 4.69) is 15.4 Å². The van der Waals surface area contributed by atoms with Gasteiger partial charge in [-0.15, -0.1) is 0 Å². The summed E-state index contributed by atoms with van der Waals surface area (Å²) in [7, 11) is 0. The van der Waals surface area contributed by atoms with Crippen LogP contribution in [0.25, 0.3) is 16.8 Å². The van der Waals surface area contributed by atoms with Crippen LogP contribution >= 0.6 is 0 Å². The number of nitrogens with one attached hydrogen (secondary N) is 1. The van der Waals surface area contributed by atoms with Crippen LogP contribution in [0.5, 0.6) is 0 Å². The van der Waals surface area contributed by atoms with Crippen LogP contribution in [0.15, 0.2) is 59.0 Å². The summed E-state index contributed by atoms with van der Waals surface area (Å²) in [6, 6.07) is 17.1. The Morgan fingerprint density at radius 3 is 2.74 bits per heavy atom. The number of benzene rings is 2. The van der Waals surface area contributed by atoms with Crippen molar-refractivity contribution in [2.45, 2.75) is 25.7 Å². The van der Waals surface area contributed by atoms with Crippen LogP contribution in [0.3, 0.4) is 0 Å². The highest BCUT2D eigenvalue weighted by Crippen LogP contribution is 2.39. The number of hydrogen-bond donors (Lipinski definition) is 1. The van der Waals surface area contributed by atoms with Gasteiger partial charge in [0.05, 0.1) is 11.4 Å².